The van der Waals surface area contributed by atoms with Gasteiger partial charge < -0.3 is 0 Å². The maximum absolute atomic E-state index is 13.5. The molecule has 4 nitrogen and oxygen atoms in total. The average molecular weight is 315 g/mol. The Morgan fingerprint density at radius 1 is 0.762 bits per heavy atom. The van der Waals surface area contributed by atoms with Crippen molar-refractivity contribution >= 4 is 7.59 Å². The van der Waals surface area contributed by atoms with Crippen molar-refractivity contribution in [3.05, 3.63) is 0 Å². The van der Waals surface area contributed by atoms with Gasteiger partial charge in [0.2, 0.25) is 0 Å². The van der Waals surface area contributed by atoms with E-state index in [0.29, 0.717) is 0 Å². The fourth-order valence-corrected chi connectivity index (χ4v) is 6.06. The van der Waals surface area contributed by atoms with Crippen LogP contribution in [0.15, 0.2) is 0 Å². The summed E-state index contributed by atoms with van der Waals surface area (Å²) in [6, 6.07) is 0. The van der Waals surface area contributed by atoms with Crippen LogP contribution < -0.4 is 0 Å². The summed E-state index contributed by atoms with van der Waals surface area (Å²) >= 11 is 0. The van der Waals surface area contributed by atoms with Crippen LogP contribution in [0.4, 0.5) is 0 Å². The van der Waals surface area contributed by atoms with Crippen molar-refractivity contribution in [3.8, 4) is 0 Å². The highest BCUT2D eigenvalue weighted by Crippen LogP contribution is 2.62. The predicted molar refractivity (Wildman–Crippen MR) is 90.6 cm³/mol. The van der Waals surface area contributed by atoms with Gasteiger partial charge in [-0.2, -0.15) is 0 Å². The van der Waals surface area contributed by atoms with E-state index in [4.69, 9.17) is 0 Å². The Bertz CT molecular complexity index is 314. The molecule has 2 heterocycles. The largest absolute Gasteiger partial charge is 0.287 e. The molecule has 124 valence electrons. The first kappa shape index (κ1) is 17.5. The van der Waals surface area contributed by atoms with Crippen LogP contribution in [0.2, 0.25) is 0 Å². The van der Waals surface area contributed by atoms with Gasteiger partial charge in [-0.1, -0.05) is 52.4 Å². The molecule has 0 aromatic rings. The van der Waals surface area contributed by atoms with Crippen LogP contribution >= 0.6 is 7.59 Å². The van der Waals surface area contributed by atoms with Crippen LogP contribution in [0.25, 0.3) is 0 Å². The van der Waals surface area contributed by atoms with E-state index in [0.717, 1.165) is 39.3 Å². The van der Waals surface area contributed by atoms with Crippen LogP contribution in [-0.4, -0.2) is 53.3 Å². The second kappa shape index (κ2) is 8.67. The standard InChI is InChI=1S/C16H34N3OP/c1-3-5-7-9-11-17(12-10-8-6-4-2)21(20,18-13-14-18)19-15-16-19/h3-16H2,1-2H3. The summed E-state index contributed by atoms with van der Waals surface area (Å²) in [5.41, 5.74) is 0. The molecule has 0 amide bonds. The van der Waals surface area contributed by atoms with E-state index in [1.807, 2.05) is 0 Å². The van der Waals surface area contributed by atoms with Crippen LogP contribution in [0.1, 0.15) is 65.2 Å². The van der Waals surface area contributed by atoms with Gasteiger partial charge in [0.05, 0.1) is 0 Å². The quantitative estimate of drug-likeness (QED) is 0.289. The molecule has 2 saturated heterocycles. The molecular weight excluding hydrogens is 281 g/mol. The van der Waals surface area contributed by atoms with Crippen molar-refractivity contribution < 1.29 is 4.57 Å². The minimum absolute atomic E-state index is 1.02. The molecule has 0 aromatic carbocycles. The summed E-state index contributed by atoms with van der Waals surface area (Å²) in [5.74, 6) is 0. The normalized spacial score (nSPS) is 19.4. The van der Waals surface area contributed by atoms with Crippen molar-refractivity contribution in [3.63, 3.8) is 0 Å². The van der Waals surface area contributed by atoms with E-state index in [-0.39, 0.29) is 0 Å². The monoisotopic (exact) mass is 315 g/mol. The third kappa shape index (κ3) is 5.06. The van der Waals surface area contributed by atoms with Gasteiger partial charge in [-0.15, -0.1) is 0 Å². The summed E-state index contributed by atoms with van der Waals surface area (Å²) in [5, 5.41) is 0. The van der Waals surface area contributed by atoms with Gasteiger partial charge in [-0.25, -0.2) is 14.0 Å². The van der Waals surface area contributed by atoms with Crippen molar-refractivity contribution in [1.82, 2.24) is 14.0 Å². The van der Waals surface area contributed by atoms with E-state index in [1.165, 1.54) is 51.4 Å². The van der Waals surface area contributed by atoms with Crippen LogP contribution in [-0.2, 0) is 4.57 Å². The SMILES string of the molecule is CCCCCCN(CCCCCC)P(=O)(N1CC1)N1CC1. The lowest BCUT2D eigenvalue weighted by Gasteiger charge is -2.33. The third-order valence-electron chi connectivity index (χ3n) is 4.49. The molecule has 0 aliphatic carbocycles. The smallest absolute Gasteiger partial charge is 0.270 e. The first-order chi connectivity index (χ1) is 10.2. The van der Waals surface area contributed by atoms with E-state index in [2.05, 4.69) is 27.9 Å². The van der Waals surface area contributed by atoms with Crippen LogP contribution in [0.3, 0.4) is 0 Å². The molecule has 21 heavy (non-hydrogen) atoms. The van der Waals surface area contributed by atoms with Gasteiger partial charge in [0.25, 0.3) is 7.59 Å². The molecule has 0 bridgehead atoms. The van der Waals surface area contributed by atoms with Crippen molar-refractivity contribution in [2.75, 3.05) is 39.3 Å². The van der Waals surface area contributed by atoms with Gasteiger partial charge in [0.1, 0.15) is 0 Å². The fourth-order valence-electron chi connectivity index (χ4n) is 2.96. The highest BCUT2D eigenvalue weighted by atomic mass is 31.2. The Hall–Kier alpha value is 0.110. The lowest BCUT2D eigenvalue weighted by molar-refractivity contribution is 0.347. The van der Waals surface area contributed by atoms with Gasteiger partial charge in [0.15, 0.2) is 0 Å². The Morgan fingerprint density at radius 3 is 1.52 bits per heavy atom. The second-order valence-electron chi connectivity index (χ2n) is 6.50. The molecule has 2 fully saturated rings. The van der Waals surface area contributed by atoms with E-state index in [1.54, 1.807) is 0 Å². The molecule has 2 rings (SSSR count). The van der Waals surface area contributed by atoms with Gasteiger partial charge >= 0.3 is 0 Å². The van der Waals surface area contributed by atoms with Crippen molar-refractivity contribution in [1.29, 1.82) is 0 Å². The molecule has 0 spiro atoms. The number of unbranched alkanes of at least 4 members (excludes halogenated alkanes) is 6. The van der Waals surface area contributed by atoms with E-state index >= 15 is 0 Å². The molecule has 0 unspecified atom stereocenters. The zero-order valence-corrected chi connectivity index (χ0v) is 15.0. The number of nitrogens with zero attached hydrogens (tertiary/aromatic N) is 3. The van der Waals surface area contributed by atoms with Crippen molar-refractivity contribution in [2.24, 2.45) is 0 Å². The Labute approximate surface area is 131 Å². The van der Waals surface area contributed by atoms with Crippen LogP contribution in [0.5, 0.6) is 0 Å². The lowest BCUT2D eigenvalue weighted by atomic mass is 10.2. The fraction of sp³-hybridized carbons (Fsp3) is 1.00. The summed E-state index contributed by atoms with van der Waals surface area (Å²) in [7, 11) is -2.35. The summed E-state index contributed by atoms with van der Waals surface area (Å²) in [6.07, 6.45) is 10.1. The zero-order valence-electron chi connectivity index (χ0n) is 14.1. The summed E-state index contributed by atoms with van der Waals surface area (Å²) in [4.78, 5) is 0. The minimum atomic E-state index is -2.35. The van der Waals surface area contributed by atoms with Gasteiger partial charge in [-0.05, 0) is 12.8 Å². The molecule has 0 radical (unpaired) electrons. The van der Waals surface area contributed by atoms with E-state index in [9.17, 15) is 4.57 Å². The molecule has 2 aliphatic rings. The Balaban J connectivity index is 1.87. The lowest BCUT2D eigenvalue weighted by Crippen LogP contribution is -2.29. The van der Waals surface area contributed by atoms with Gasteiger partial charge in [-0.3, -0.25) is 4.57 Å². The zero-order chi connectivity index (χ0) is 15.1. The molecular formula is C16H34N3OP. The Kier molecular flexibility index (Phi) is 7.21. The highest BCUT2D eigenvalue weighted by molar-refractivity contribution is 7.57. The first-order valence-corrected chi connectivity index (χ1v) is 10.7. The molecule has 2 aliphatic heterocycles. The van der Waals surface area contributed by atoms with Gasteiger partial charge in [0, 0.05) is 39.3 Å². The molecule has 5 heteroatoms. The number of rotatable bonds is 13. The van der Waals surface area contributed by atoms with E-state index < -0.39 is 7.59 Å². The number of hydrogen-bond donors (Lipinski definition) is 0. The van der Waals surface area contributed by atoms with Crippen molar-refractivity contribution in [2.45, 2.75) is 65.2 Å². The average Bonchev–Trinajstić information content (AvgIpc) is 3.36. The molecule has 0 N–H and O–H groups in total. The second-order valence-corrected chi connectivity index (χ2v) is 9.22. The number of hydrogen-bond acceptors (Lipinski definition) is 1. The highest BCUT2D eigenvalue weighted by Gasteiger charge is 2.51. The topological polar surface area (TPSA) is 26.3 Å². The minimum Gasteiger partial charge on any atom is -0.270 e. The first-order valence-electron chi connectivity index (χ1n) is 9.09. The van der Waals surface area contributed by atoms with Crippen LogP contribution in [0, 0.1) is 0 Å². The Morgan fingerprint density at radius 2 is 1.19 bits per heavy atom. The third-order valence-corrected chi connectivity index (χ3v) is 7.90. The maximum atomic E-state index is 13.5. The molecule has 0 atom stereocenters. The predicted octanol–water partition coefficient (Wildman–Crippen LogP) is 4.19. The molecule has 0 saturated carbocycles. The molecule has 0 aromatic heterocycles. The maximum Gasteiger partial charge on any atom is 0.287 e. The summed E-state index contributed by atoms with van der Waals surface area (Å²) < 4.78 is 20.3. The summed E-state index contributed by atoms with van der Waals surface area (Å²) in [6.45, 7) is 10.7.